The molecule has 0 aromatic carbocycles. The normalized spacial score (nSPS) is 25.9. The average molecular weight is 343 g/mol. The maximum Gasteiger partial charge on any atom is 0.225 e. The highest BCUT2D eigenvalue weighted by Crippen LogP contribution is 2.32. The summed E-state index contributed by atoms with van der Waals surface area (Å²) in [5, 5.41) is 10.9. The number of nitrogens with one attached hydrogen (secondary N) is 2. The molecule has 3 heterocycles. The van der Waals surface area contributed by atoms with Crippen molar-refractivity contribution in [3.05, 3.63) is 12.3 Å². The molecule has 2 saturated heterocycles. The van der Waals surface area contributed by atoms with Gasteiger partial charge in [0.2, 0.25) is 5.91 Å². The Bertz CT molecular complexity index is 496. The minimum absolute atomic E-state index is 0. The molecule has 0 saturated carbocycles. The van der Waals surface area contributed by atoms with E-state index in [4.69, 9.17) is 4.74 Å². The minimum atomic E-state index is 0. The fraction of sp³-hybridized carbons (Fsp3) is 0.750. The molecule has 2 aliphatic heterocycles. The number of piperidine rings is 1. The topological polar surface area (TPSA) is 68.2 Å². The second-order valence-electron chi connectivity index (χ2n) is 6.54. The zero-order valence-electron chi connectivity index (χ0n) is 13.7. The smallest absolute Gasteiger partial charge is 0.225 e. The predicted molar refractivity (Wildman–Crippen MR) is 91.9 cm³/mol. The molecule has 6 nitrogen and oxygen atoms in total. The van der Waals surface area contributed by atoms with Gasteiger partial charge in [-0.2, -0.15) is 5.10 Å². The molecule has 2 unspecified atom stereocenters. The van der Waals surface area contributed by atoms with E-state index >= 15 is 0 Å². The molecule has 1 aromatic rings. The highest BCUT2D eigenvalue weighted by Gasteiger charge is 2.34. The number of nitrogens with zero attached hydrogens (tertiary/aromatic N) is 2. The van der Waals surface area contributed by atoms with Crippen molar-refractivity contribution in [1.29, 1.82) is 0 Å². The van der Waals surface area contributed by atoms with Gasteiger partial charge in [-0.1, -0.05) is 0 Å². The van der Waals surface area contributed by atoms with Crippen LogP contribution in [0.15, 0.2) is 12.3 Å². The molecule has 23 heavy (non-hydrogen) atoms. The van der Waals surface area contributed by atoms with Crippen LogP contribution in [0.2, 0.25) is 0 Å². The van der Waals surface area contributed by atoms with Gasteiger partial charge < -0.3 is 15.4 Å². The van der Waals surface area contributed by atoms with Crippen LogP contribution < -0.4 is 10.6 Å². The second-order valence-corrected chi connectivity index (χ2v) is 6.54. The van der Waals surface area contributed by atoms with E-state index in [2.05, 4.69) is 15.7 Å². The Kier molecular flexibility index (Phi) is 6.87. The van der Waals surface area contributed by atoms with Crippen LogP contribution in [-0.2, 0) is 16.1 Å². The van der Waals surface area contributed by atoms with Crippen molar-refractivity contribution >= 4 is 24.1 Å². The van der Waals surface area contributed by atoms with Crippen LogP contribution in [0, 0.1) is 5.92 Å². The lowest BCUT2D eigenvalue weighted by molar-refractivity contribution is -0.117. The van der Waals surface area contributed by atoms with E-state index in [1.165, 1.54) is 12.8 Å². The lowest BCUT2D eigenvalue weighted by Crippen LogP contribution is -2.39. The number of ether oxygens (including phenoxy) is 1. The molecule has 2 aliphatic rings. The van der Waals surface area contributed by atoms with E-state index in [0.717, 1.165) is 32.4 Å². The van der Waals surface area contributed by atoms with Gasteiger partial charge in [-0.05, 0) is 38.0 Å². The SMILES string of the molecule is COCCCn1ccc(NC(=O)CC2CC3CCC(C2)N3)n1.Cl. The van der Waals surface area contributed by atoms with Gasteiger partial charge in [-0.15, -0.1) is 12.4 Å². The summed E-state index contributed by atoms with van der Waals surface area (Å²) in [5.41, 5.74) is 0. The molecular formula is C16H27ClN4O2. The van der Waals surface area contributed by atoms with E-state index in [-0.39, 0.29) is 18.3 Å². The summed E-state index contributed by atoms with van der Waals surface area (Å²) in [7, 11) is 1.70. The summed E-state index contributed by atoms with van der Waals surface area (Å²) < 4.78 is 6.87. The quantitative estimate of drug-likeness (QED) is 0.745. The van der Waals surface area contributed by atoms with E-state index in [1.54, 1.807) is 7.11 Å². The molecule has 0 spiro atoms. The Balaban J connectivity index is 0.00000192. The van der Waals surface area contributed by atoms with Crippen LogP contribution in [0.4, 0.5) is 5.82 Å². The lowest BCUT2D eigenvalue weighted by atomic mass is 9.89. The Labute approximate surface area is 143 Å². The number of aryl methyl sites for hydroxylation is 1. The van der Waals surface area contributed by atoms with Gasteiger partial charge in [0.15, 0.2) is 5.82 Å². The summed E-state index contributed by atoms with van der Waals surface area (Å²) in [6, 6.07) is 3.13. The van der Waals surface area contributed by atoms with Gasteiger partial charge >= 0.3 is 0 Å². The van der Waals surface area contributed by atoms with E-state index in [9.17, 15) is 4.79 Å². The summed E-state index contributed by atoms with van der Waals surface area (Å²) in [5.74, 6) is 1.26. The predicted octanol–water partition coefficient (Wildman–Crippen LogP) is 2.20. The zero-order chi connectivity index (χ0) is 15.4. The number of anilines is 1. The van der Waals surface area contributed by atoms with Gasteiger partial charge in [0.05, 0.1) is 0 Å². The zero-order valence-corrected chi connectivity index (χ0v) is 14.5. The molecule has 2 atom stereocenters. The first-order valence-corrected chi connectivity index (χ1v) is 8.31. The number of carbonyl (C=O) groups excluding carboxylic acids is 1. The molecule has 1 aromatic heterocycles. The summed E-state index contributed by atoms with van der Waals surface area (Å²) in [6.45, 7) is 1.53. The molecule has 2 N–H and O–H groups in total. The van der Waals surface area contributed by atoms with Gasteiger partial charge in [-0.25, -0.2) is 0 Å². The number of carbonyl (C=O) groups is 1. The molecule has 0 radical (unpaired) electrons. The maximum absolute atomic E-state index is 12.2. The number of hydrogen-bond donors (Lipinski definition) is 2. The van der Waals surface area contributed by atoms with Gasteiger partial charge in [-0.3, -0.25) is 9.48 Å². The number of fused-ring (bicyclic) bond motifs is 2. The first kappa shape index (κ1) is 18.2. The third-order valence-corrected chi connectivity index (χ3v) is 4.69. The standard InChI is InChI=1S/C16H26N4O2.ClH/c1-22-8-2-6-20-7-5-15(19-20)18-16(21)11-12-9-13-3-4-14(10-12)17-13;/h5,7,12-14,17H,2-4,6,8-11H2,1H3,(H,18,19,21);1H. The molecule has 0 aliphatic carbocycles. The second kappa shape index (κ2) is 8.66. The molecule has 2 fully saturated rings. The monoisotopic (exact) mass is 342 g/mol. The Morgan fingerprint density at radius 3 is 2.87 bits per heavy atom. The number of methoxy groups -OCH3 is 1. The van der Waals surface area contributed by atoms with Crippen LogP contribution in [-0.4, -0.2) is 41.5 Å². The molecule has 130 valence electrons. The Morgan fingerprint density at radius 1 is 1.43 bits per heavy atom. The lowest BCUT2D eigenvalue weighted by Gasteiger charge is -2.28. The molecule has 7 heteroatoms. The van der Waals surface area contributed by atoms with E-state index < -0.39 is 0 Å². The number of amides is 1. The van der Waals surface area contributed by atoms with Gasteiger partial charge in [0, 0.05) is 51.0 Å². The van der Waals surface area contributed by atoms with Crippen LogP contribution in [0.25, 0.3) is 0 Å². The van der Waals surface area contributed by atoms with Crippen LogP contribution in [0.1, 0.15) is 38.5 Å². The van der Waals surface area contributed by atoms with Gasteiger partial charge in [0.1, 0.15) is 0 Å². The third kappa shape index (κ3) is 5.19. The first-order valence-electron chi connectivity index (χ1n) is 8.31. The third-order valence-electron chi connectivity index (χ3n) is 4.69. The van der Waals surface area contributed by atoms with Crippen LogP contribution >= 0.6 is 12.4 Å². The maximum atomic E-state index is 12.2. The molecule has 1 amide bonds. The van der Waals surface area contributed by atoms with Crippen molar-refractivity contribution < 1.29 is 9.53 Å². The van der Waals surface area contributed by atoms with E-state index in [0.29, 0.717) is 30.2 Å². The van der Waals surface area contributed by atoms with Crippen molar-refractivity contribution in [2.75, 3.05) is 19.0 Å². The van der Waals surface area contributed by atoms with Crippen molar-refractivity contribution in [2.45, 2.75) is 57.2 Å². The fourth-order valence-electron chi connectivity index (χ4n) is 3.72. The van der Waals surface area contributed by atoms with Crippen molar-refractivity contribution in [2.24, 2.45) is 5.92 Å². The molecule has 3 rings (SSSR count). The minimum Gasteiger partial charge on any atom is -0.385 e. The van der Waals surface area contributed by atoms with E-state index in [1.807, 2.05) is 16.9 Å². The summed E-state index contributed by atoms with van der Waals surface area (Å²) in [6.07, 6.45) is 8.25. The number of rotatable bonds is 7. The largest absolute Gasteiger partial charge is 0.385 e. The summed E-state index contributed by atoms with van der Waals surface area (Å²) in [4.78, 5) is 12.2. The highest BCUT2D eigenvalue weighted by molar-refractivity contribution is 5.89. The number of aromatic nitrogens is 2. The van der Waals surface area contributed by atoms with Gasteiger partial charge in [0.25, 0.3) is 0 Å². The Hall–Kier alpha value is -1.11. The summed E-state index contributed by atoms with van der Waals surface area (Å²) >= 11 is 0. The molecule has 2 bridgehead atoms. The van der Waals surface area contributed by atoms with Crippen LogP contribution in [0.3, 0.4) is 0 Å². The van der Waals surface area contributed by atoms with Crippen molar-refractivity contribution in [3.8, 4) is 0 Å². The van der Waals surface area contributed by atoms with Crippen molar-refractivity contribution in [3.63, 3.8) is 0 Å². The number of hydrogen-bond acceptors (Lipinski definition) is 4. The first-order chi connectivity index (χ1) is 10.7. The number of halogens is 1. The fourth-order valence-corrected chi connectivity index (χ4v) is 3.72. The Morgan fingerprint density at radius 2 is 2.17 bits per heavy atom. The van der Waals surface area contributed by atoms with Crippen molar-refractivity contribution in [1.82, 2.24) is 15.1 Å². The van der Waals surface area contributed by atoms with Crippen LogP contribution in [0.5, 0.6) is 0 Å². The average Bonchev–Trinajstić information content (AvgIpc) is 3.06. The highest BCUT2D eigenvalue weighted by atomic mass is 35.5. The molecular weight excluding hydrogens is 316 g/mol.